The molecule has 46 heteroatoms. The van der Waals surface area contributed by atoms with Gasteiger partial charge in [0.05, 0.1) is 43.6 Å². The highest BCUT2D eigenvalue weighted by Gasteiger charge is 2.43. The van der Waals surface area contributed by atoms with Gasteiger partial charge in [-0.2, -0.15) is 13.2 Å². The predicted octanol–water partition coefficient (Wildman–Crippen LogP) is -6.64. The molecule has 1 aliphatic rings. The number of alkyl halides is 3. The van der Waals surface area contributed by atoms with Crippen molar-refractivity contribution >= 4 is 101 Å². The third kappa shape index (κ3) is 34.1. The maximum atomic E-state index is 14.6. The number of carbonyl (C=O) groups is 16. The Morgan fingerprint density at radius 3 is 1.48 bits per heavy atom. The summed E-state index contributed by atoms with van der Waals surface area (Å²) in [7, 11) is 0. The molecule has 1 aliphatic heterocycles. The standard InChI is InChI=1S/C70H98N20O21.C2HF3O2/c1-36(92)57(89-66(107)53-13-8-26-90(53)68(109)46(11-5-6-24-71)82-65(106)52(34-91)88-62(103)47(27-38-14-18-41(93)19-15-38)83-58(99)43(72)31-55(74)96)67(108)86-50(32-56(97)98)64(105)80-44(12-7-25-78-70(75)76)59(100)81-45(22-23-54(73)95)60(101)84-48(28-39-16-20-42(94)21-17-39)61(102)85-49(30-40-33-77-35-79-40)63(104)87-51(69(110)111)29-37-9-3-2-4-10-37;3-2(4,5)1(6)7/h2-4,9-10,14-21,33,35-36,43-53,57,91-94H,5-8,11-13,22-32,34,71-72H2,1H3,(H2,73,95)(H2,74,96)(H,77,79)(H,80,105)(H,81,100)(H,82,106)(H,83,99)(H,84,101)(H,85,102)(H,86,108)(H,87,104)(H,88,103)(H,89,107)(H,97,98)(H,110,111)(H4,75,76,78);(H,6,7)/t36-,43+,44+,45+,46+,47+,48+,49+,50+,51+,52+,53+,57+;/m0./s1. The molecule has 5 rings (SSSR count). The molecule has 0 radical (unpaired) electrons. The van der Waals surface area contributed by atoms with Gasteiger partial charge in [-0.3, -0.25) is 72.5 Å². The first kappa shape index (κ1) is 97.3. The number of nitrogens with two attached hydrogens (primary N) is 5. The fraction of sp³-hybridized carbons (Fsp3) is 0.472. The molecule has 0 saturated carbocycles. The number of rotatable bonds is 47. The molecule has 0 unspecified atom stereocenters. The van der Waals surface area contributed by atoms with Gasteiger partial charge in [0, 0.05) is 51.4 Å². The lowest BCUT2D eigenvalue weighted by Crippen LogP contribution is -2.62. The van der Waals surface area contributed by atoms with Crippen LogP contribution in [0.2, 0.25) is 0 Å². The summed E-state index contributed by atoms with van der Waals surface area (Å²) in [6, 6.07) is -1.18. The number of nitrogens with one attached hydrogen (secondary N) is 13. The number of hydrogen-bond donors (Lipinski definition) is 25. The second-order valence-corrected chi connectivity index (χ2v) is 27.1. The Labute approximate surface area is 670 Å². The first-order valence-electron chi connectivity index (χ1n) is 36.7. The number of phenolic OH excluding ortho intramolecular Hbond substituents is 2. The van der Waals surface area contributed by atoms with E-state index in [-0.39, 0.29) is 94.6 Å². The van der Waals surface area contributed by atoms with Crippen molar-refractivity contribution < 1.29 is 126 Å². The lowest BCUT2D eigenvalue weighted by molar-refractivity contribution is -0.192. The topological polar surface area (TPSA) is 733 Å². The minimum Gasteiger partial charge on any atom is -0.508 e. The maximum Gasteiger partial charge on any atom is 0.490 e. The highest BCUT2D eigenvalue weighted by Crippen LogP contribution is 2.22. The summed E-state index contributed by atoms with van der Waals surface area (Å²) in [5, 5.41) is 103. The van der Waals surface area contributed by atoms with Gasteiger partial charge < -0.3 is 133 Å². The van der Waals surface area contributed by atoms with Crippen LogP contribution in [0, 0.1) is 5.41 Å². The van der Waals surface area contributed by atoms with E-state index >= 15 is 0 Å². The van der Waals surface area contributed by atoms with Crippen LogP contribution < -0.4 is 87.2 Å². The van der Waals surface area contributed by atoms with Crippen LogP contribution in [-0.4, -0.2) is 262 Å². The highest BCUT2D eigenvalue weighted by atomic mass is 19.4. The zero-order valence-electron chi connectivity index (χ0n) is 63.7. The van der Waals surface area contributed by atoms with Gasteiger partial charge in [-0.05, 0) is 106 Å². The second kappa shape index (κ2) is 48.3. The fourth-order valence-electron chi connectivity index (χ4n) is 11.6. The van der Waals surface area contributed by atoms with Gasteiger partial charge in [-0.15, -0.1) is 0 Å². The number of aromatic amines is 1. The average molecular weight is 1670 g/mol. The number of halogens is 3. The van der Waals surface area contributed by atoms with Crippen molar-refractivity contribution in [3.63, 3.8) is 0 Å². The number of nitrogens with zero attached hydrogens (tertiary/aromatic N) is 2. The normalized spacial score (nSPS) is 15.4. The third-order valence-corrected chi connectivity index (χ3v) is 17.7. The molecule has 1 aromatic heterocycles. The number of carbonyl (C=O) groups excluding carboxylic acids is 13. The van der Waals surface area contributed by atoms with Crippen molar-refractivity contribution in [3.05, 3.63) is 114 Å². The number of phenols is 2. The summed E-state index contributed by atoms with van der Waals surface area (Å²) in [5.41, 5.74) is 29.3. The monoisotopic (exact) mass is 1670 g/mol. The number of H-pyrrole nitrogens is 1. The van der Waals surface area contributed by atoms with Crippen molar-refractivity contribution in [3.8, 4) is 11.5 Å². The Bertz CT molecular complexity index is 4110. The highest BCUT2D eigenvalue weighted by molar-refractivity contribution is 6.01. The van der Waals surface area contributed by atoms with Crippen LogP contribution in [0.25, 0.3) is 0 Å². The van der Waals surface area contributed by atoms with Crippen molar-refractivity contribution in [2.24, 2.45) is 28.7 Å². The summed E-state index contributed by atoms with van der Waals surface area (Å²) in [4.78, 5) is 222. The smallest absolute Gasteiger partial charge is 0.490 e. The maximum absolute atomic E-state index is 14.6. The molecule has 30 N–H and O–H groups in total. The van der Waals surface area contributed by atoms with Crippen molar-refractivity contribution in [1.29, 1.82) is 5.41 Å². The zero-order chi connectivity index (χ0) is 88.1. The molecular formula is C72H99F3N20O23. The minimum atomic E-state index is -5.08. The van der Waals surface area contributed by atoms with Gasteiger partial charge in [0.15, 0.2) is 5.96 Å². The molecule has 1 saturated heterocycles. The molecule has 13 atom stereocenters. The van der Waals surface area contributed by atoms with E-state index in [1.807, 2.05) is 0 Å². The van der Waals surface area contributed by atoms with E-state index in [0.29, 0.717) is 23.1 Å². The Balaban J connectivity index is 0.00000399. The molecule has 43 nitrogen and oxygen atoms in total. The number of aromatic nitrogens is 2. The lowest BCUT2D eigenvalue weighted by atomic mass is 10.0. The fourth-order valence-corrected chi connectivity index (χ4v) is 11.6. The number of aliphatic carboxylic acids is 3. The Morgan fingerprint density at radius 1 is 0.559 bits per heavy atom. The quantitative estimate of drug-likeness (QED) is 0.0111. The number of carboxylic acids is 3. The number of guanidine groups is 1. The van der Waals surface area contributed by atoms with E-state index in [1.54, 1.807) is 30.3 Å². The number of amides is 13. The van der Waals surface area contributed by atoms with Gasteiger partial charge in [0.2, 0.25) is 76.8 Å². The van der Waals surface area contributed by atoms with Gasteiger partial charge in [0.25, 0.3) is 0 Å². The summed E-state index contributed by atoms with van der Waals surface area (Å²) in [6.45, 7) is -0.135. The molecular weight excluding hydrogens is 1570 g/mol. The van der Waals surface area contributed by atoms with Gasteiger partial charge >= 0.3 is 24.1 Å². The molecule has 0 bridgehead atoms. The van der Waals surface area contributed by atoms with Crippen LogP contribution in [-0.2, 0) is 102 Å². The Morgan fingerprint density at radius 2 is 1.01 bits per heavy atom. The van der Waals surface area contributed by atoms with E-state index in [9.17, 15) is 116 Å². The zero-order valence-corrected chi connectivity index (χ0v) is 63.7. The number of aliphatic hydroxyl groups is 2. The third-order valence-electron chi connectivity index (χ3n) is 17.7. The molecule has 0 aliphatic carbocycles. The summed E-state index contributed by atoms with van der Waals surface area (Å²) < 4.78 is 31.7. The van der Waals surface area contributed by atoms with E-state index in [4.69, 9.17) is 44.0 Å². The van der Waals surface area contributed by atoms with Crippen molar-refractivity contribution in [2.45, 2.75) is 188 Å². The Hall–Kier alpha value is -13.1. The Kier molecular flexibility index (Phi) is 39.8. The molecule has 646 valence electrons. The first-order valence-corrected chi connectivity index (χ1v) is 36.7. The number of hydrogen-bond acceptors (Lipinski definition) is 24. The number of imidazole rings is 1. The molecule has 4 aromatic rings. The van der Waals surface area contributed by atoms with Crippen LogP contribution in [0.5, 0.6) is 11.5 Å². The van der Waals surface area contributed by atoms with E-state index in [0.717, 1.165) is 11.8 Å². The van der Waals surface area contributed by atoms with E-state index in [1.165, 1.54) is 61.1 Å². The first-order chi connectivity index (χ1) is 55.6. The summed E-state index contributed by atoms with van der Waals surface area (Å²) in [6.07, 6.45) is -8.40. The van der Waals surface area contributed by atoms with Crippen LogP contribution in [0.4, 0.5) is 13.2 Å². The van der Waals surface area contributed by atoms with E-state index in [2.05, 4.69) is 68.5 Å². The lowest BCUT2D eigenvalue weighted by Gasteiger charge is -2.31. The average Bonchev–Trinajstić information content (AvgIpc) is 1.62. The molecule has 1 fully saturated rings. The SMILES string of the molecule is C[C@H](O)[C@@H](NC(=O)[C@H]1CCCN1C(=O)[C@@H](CCCCN)NC(=O)[C@@H](CO)NC(=O)[C@@H](Cc1ccc(O)cc1)NC(=O)[C@H](N)CC(N)=O)C(=O)N[C@H](CC(=O)O)C(=O)N[C@H](CCCNC(=N)N)C(=O)N[C@H](CCC(N)=O)C(=O)N[C@H](Cc1ccc(O)cc1)C(=O)N[C@H](Cc1c[nH]cn1)C(=O)N[C@H](Cc1ccccc1)C(=O)O.O=C(O)C(F)(F)F. The predicted molar refractivity (Wildman–Crippen MR) is 405 cm³/mol. The molecule has 118 heavy (non-hydrogen) atoms. The van der Waals surface area contributed by atoms with Crippen molar-refractivity contribution in [1.82, 2.24) is 73.4 Å². The number of carboxylic acid groups (broad SMARTS) is 3. The number of benzene rings is 3. The van der Waals surface area contributed by atoms with Crippen LogP contribution in [0.1, 0.15) is 99.9 Å². The van der Waals surface area contributed by atoms with Crippen LogP contribution >= 0.6 is 0 Å². The molecule has 3 aromatic carbocycles. The number of aromatic hydroxyl groups is 2. The van der Waals surface area contributed by atoms with Crippen LogP contribution in [0.15, 0.2) is 91.4 Å². The number of aliphatic hydroxyl groups excluding tert-OH is 2. The molecule has 2 heterocycles. The van der Waals surface area contributed by atoms with Gasteiger partial charge in [-0.1, -0.05) is 54.6 Å². The summed E-state index contributed by atoms with van der Waals surface area (Å²) in [5.74, 6) is -20.9. The number of primary amides is 2. The van der Waals surface area contributed by atoms with Gasteiger partial charge in [-0.25, -0.2) is 14.6 Å². The molecule has 13 amide bonds. The molecule has 0 spiro atoms. The minimum absolute atomic E-state index is 0.0697. The second-order valence-electron chi connectivity index (χ2n) is 27.1. The van der Waals surface area contributed by atoms with Crippen molar-refractivity contribution in [2.75, 3.05) is 26.2 Å². The van der Waals surface area contributed by atoms with Crippen LogP contribution in [0.3, 0.4) is 0 Å². The van der Waals surface area contributed by atoms with Gasteiger partial charge in [0.1, 0.15) is 78.0 Å². The summed E-state index contributed by atoms with van der Waals surface area (Å²) >= 11 is 0. The number of unbranched alkanes of at least 4 members (excludes halogenated alkanes) is 1. The number of likely N-dealkylation sites (tertiary alicyclic amines) is 1. The largest absolute Gasteiger partial charge is 0.508 e. The van der Waals surface area contributed by atoms with E-state index < -0.39 is 224 Å².